The number of nitrogens with zero attached hydrogens (tertiary/aromatic N) is 1. The van der Waals surface area contributed by atoms with Crippen molar-refractivity contribution in [1.29, 1.82) is 0 Å². The molecule has 3 N–H and O–H groups in total. The van der Waals surface area contributed by atoms with E-state index in [9.17, 15) is 4.79 Å². The van der Waals surface area contributed by atoms with Crippen molar-refractivity contribution >= 4 is 17.4 Å². The number of ether oxygens (including phenoxy) is 1. The molecule has 0 saturated heterocycles. The van der Waals surface area contributed by atoms with Crippen LogP contribution in [0.3, 0.4) is 0 Å². The molecule has 0 bridgehead atoms. The molecular formula is C14H15N3O2. The van der Waals surface area contributed by atoms with Gasteiger partial charge >= 0.3 is 0 Å². The van der Waals surface area contributed by atoms with E-state index < -0.39 is 0 Å². The Hall–Kier alpha value is -2.56. The minimum atomic E-state index is -0.340. The number of nitrogens with one attached hydrogen (secondary N) is 1. The van der Waals surface area contributed by atoms with E-state index in [0.29, 0.717) is 22.8 Å². The first-order valence-corrected chi connectivity index (χ1v) is 5.78. The van der Waals surface area contributed by atoms with Gasteiger partial charge in [-0.1, -0.05) is 6.07 Å². The Balaban J connectivity index is 2.30. The standard InChI is InChI=1S/C14H15N3O2/c1-9-6-7-16-12(8-9)17-14(18)13-10(15)4-3-5-11(13)19-2/h3-8H,15H2,1-2H3,(H,16,17,18). The monoisotopic (exact) mass is 257 g/mol. The molecule has 1 aromatic heterocycles. The molecule has 0 unspecified atom stereocenters. The summed E-state index contributed by atoms with van der Waals surface area (Å²) >= 11 is 0. The minimum absolute atomic E-state index is 0.313. The van der Waals surface area contributed by atoms with Gasteiger partial charge in [0.1, 0.15) is 17.1 Å². The second kappa shape index (κ2) is 5.39. The summed E-state index contributed by atoms with van der Waals surface area (Å²) in [5.74, 6) is 0.577. The Labute approximate surface area is 111 Å². The summed E-state index contributed by atoms with van der Waals surface area (Å²) in [4.78, 5) is 16.3. The molecule has 0 fully saturated rings. The van der Waals surface area contributed by atoms with Gasteiger partial charge in [-0.2, -0.15) is 0 Å². The lowest BCUT2D eigenvalue weighted by Crippen LogP contribution is -2.16. The number of hydrogen-bond donors (Lipinski definition) is 2. The van der Waals surface area contributed by atoms with Gasteiger partial charge in [0.2, 0.25) is 0 Å². The fourth-order valence-electron chi connectivity index (χ4n) is 1.74. The van der Waals surface area contributed by atoms with E-state index >= 15 is 0 Å². The van der Waals surface area contributed by atoms with Crippen molar-refractivity contribution in [2.75, 3.05) is 18.2 Å². The summed E-state index contributed by atoms with van der Waals surface area (Å²) in [5, 5.41) is 2.70. The summed E-state index contributed by atoms with van der Waals surface area (Å²) in [6, 6.07) is 8.71. The predicted octanol–water partition coefficient (Wildman–Crippen LogP) is 2.23. The van der Waals surface area contributed by atoms with Crippen molar-refractivity contribution in [3.8, 4) is 5.75 Å². The number of aryl methyl sites for hydroxylation is 1. The van der Waals surface area contributed by atoms with Crippen molar-refractivity contribution in [1.82, 2.24) is 4.98 Å². The van der Waals surface area contributed by atoms with Gasteiger partial charge in [0.25, 0.3) is 5.91 Å². The fourth-order valence-corrected chi connectivity index (χ4v) is 1.74. The Kier molecular flexibility index (Phi) is 3.66. The molecule has 0 atom stereocenters. The number of rotatable bonds is 3. The second-order valence-corrected chi connectivity index (χ2v) is 4.10. The first kappa shape index (κ1) is 12.9. The normalized spacial score (nSPS) is 10.0. The van der Waals surface area contributed by atoms with Crippen molar-refractivity contribution in [2.45, 2.75) is 6.92 Å². The number of methoxy groups -OCH3 is 1. The topological polar surface area (TPSA) is 77.2 Å². The third kappa shape index (κ3) is 2.82. The van der Waals surface area contributed by atoms with E-state index in [1.54, 1.807) is 30.5 Å². The predicted molar refractivity (Wildman–Crippen MR) is 74.3 cm³/mol. The van der Waals surface area contributed by atoms with Gasteiger partial charge < -0.3 is 15.8 Å². The molecular weight excluding hydrogens is 242 g/mol. The summed E-state index contributed by atoms with van der Waals surface area (Å²) in [6.45, 7) is 1.93. The molecule has 0 aliphatic carbocycles. The van der Waals surface area contributed by atoms with Crippen LogP contribution in [0, 0.1) is 6.92 Å². The number of nitrogen functional groups attached to an aromatic ring is 1. The molecule has 1 aromatic carbocycles. The lowest BCUT2D eigenvalue weighted by Gasteiger charge is -2.11. The van der Waals surface area contributed by atoms with Crippen molar-refractivity contribution in [3.63, 3.8) is 0 Å². The van der Waals surface area contributed by atoms with Crippen LogP contribution in [0.5, 0.6) is 5.75 Å². The Morgan fingerprint density at radius 3 is 2.84 bits per heavy atom. The van der Waals surface area contributed by atoms with Crippen molar-refractivity contribution < 1.29 is 9.53 Å². The first-order valence-electron chi connectivity index (χ1n) is 5.78. The van der Waals surface area contributed by atoms with Crippen LogP contribution in [0.1, 0.15) is 15.9 Å². The van der Waals surface area contributed by atoms with Crippen LogP contribution in [-0.2, 0) is 0 Å². The Morgan fingerprint density at radius 1 is 1.37 bits per heavy atom. The molecule has 1 amide bonds. The molecule has 0 radical (unpaired) electrons. The summed E-state index contributed by atoms with van der Waals surface area (Å²) in [6.07, 6.45) is 1.64. The van der Waals surface area contributed by atoms with E-state index in [2.05, 4.69) is 10.3 Å². The van der Waals surface area contributed by atoms with Crippen LogP contribution in [0.25, 0.3) is 0 Å². The van der Waals surface area contributed by atoms with Gasteiger partial charge in [-0.3, -0.25) is 4.79 Å². The molecule has 0 spiro atoms. The van der Waals surface area contributed by atoms with Gasteiger partial charge in [0, 0.05) is 11.9 Å². The average molecular weight is 257 g/mol. The molecule has 0 saturated carbocycles. The number of hydrogen-bond acceptors (Lipinski definition) is 4. The number of carbonyl (C=O) groups is 1. The second-order valence-electron chi connectivity index (χ2n) is 4.10. The number of benzene rings is 1. The highest BCUT2D eigenvalue weighted by Crippen LogP contribution is 2.24. The fraction of sp³-hybridized carbons (Fsp3) is 0.143. The maximum absolute atomic E-state index is 12.2. The zero-order chi connectivity index (χ0) is 13.8. The number of amides is 1. The zero-order valence-electron chi connectivity index (χ0n) is 10.8. The number of anilines is 2. The lowest BCUT2D eigenvalue weighted by atomic mass is 10.1. The number of aromatic nitrogens is 1. The summed E-state index contributed by atoms with van der Waals surface area (Å²) in [5.41, 5.74) is 7.51. The van der Waals surface area contributed by atoms with E-state index in [1.165, 1.54) is 7.11 Å². The highest BCUT2D eigenvalue weighted by Gasteiger charge is 2.16. The van der Waals surface area contributed by atoms with E-state index in [4.69, 9.17) is 10.5 Å². The van der Waals surface area contributed by atoms with Crippen LogP contribution >= 0.6 is 0 Å². The number of nitrogens with two attached hydrogens (primary N) is 1. The van der Waals surface area contributed by atoms with Crippen LogP contribution < -0.4 is 15.8 Å². The van der Waals surface area contributed by atoms with Gasteiger partial charge in [-0.05, 0) is 36.8 Å². The maximum atomic E-state index is 12.2. The quantitative estimate of drug-likeness (QED) is 0.827. The maximum Gasteiger partial charge on any atom is 0.262 e. The van der Waals surface area contributed by atoms with Crippen molar-refractivity contribution in [2.24, 2.45) is 0 Å². The lowest BCUT2D eigenvalue weighted by molar-refractivity contribution is 0.102. The molecule has 0 aliphatic heterocycles. The molecule has 19 heavy (non-hydrogen) atoms. The average Bonchev–Trinajstić information content (AvgIpc) is 2.38. The van der Waals surface area contributed by atoms with Gasteiger partial charge in [-0.25, -0.2) is 4.98 Å². The van der Waals surface area contributed by atoms with Crippen molar-refractivity contribution in [3.05, 3.63) is 47.7 Å². The highest BCUT2D eigenvalue weighted by atomic mass is 16.5. The van der Waals surface area contributed by atoms with Crippen LogP contribution in [0.2, 0.25) is 0 Å². The Bertz CT molecular complexity index is 611. The van der Waals surface area contributed by atoms with Crippen LogP contribution in [-0.4, -0.2) is 18.0 Å². The van der Waals surface area contributed by atoms with Gasteiger partial charge in [0.15, 0.2) is 0 Å². The Morgan fingerprint density at radius 2 is 2.16 bits per heavy atom. The summed E-state index contributed by atoms with van der Waals surface area (Å²) in [7, 11) is 1.50. The molecule has 0 aliphatic rings. The largest absolute Gasteiger partial charge is 0.496 e. The summed E-state index contributed by atoms with van der Waals surface area (Å²) < 4.78 is 5.15. The number of pyridine rings is 1. The SMILES string of the molecule is COc1cccc(N)c1C(=O)Nc1cc(C)ccn1. The molecule has 1 heterocycles. The smallest absolute Gasteiger partial charge is 0.262 e. The van der Waals surface area contributed by atoms with Gasteiger partial charge in [-0.15, -0.1) is 0 Å². The molecule has 2 aromatic rings. The number of carbonyl (C=O) groups excluding carboxylic acids is 1. The van der Waals surface area contributed by atoms with E-state index in [1.807, 2.05) is 13.0 Å². The van der Waals surface area contributed by atoms with E-state index in [-0.39, 0.29) is 5.91 Å². The van der Waals surface area contributed by atoms with Crippen LogP contribution in [0.4, 0.5) is 11.5 Å². The third-order valence-electron chi connectivity index (χ3n) is 2.66. The molecule has 5 nitrogen and oxygen atoms in total. The molecule has 5 heteroatoms. The van der Waals surface area contributed by atoms with E-state index in [0.717, 1.165) is 5.56 Å². The molecule has 98 valence electrons. The first-order chi connectivity index (χ1) is 9.11. The molecule has 2 rings (SSSR count). The zero-order valence-corrected chi connectivity index (χ0v) is 10.8. The highest BCUT2D eigenvalue weighted by molar-refractivity contribution is 6.09. The minimum Gasteiger partial charge on any atom is -0.496 e. The third-order valence-corrected chi connectivity index (χ3v) is 2.66. The van der Waals surface area contributed by atoms with Gasteiger partial charge in [0.05, 0.1) is 7.11 Å². The van der Waals surface area contributed by atoms with Crippen LogP contribution in [0.15, 0.2) is 36.5 Å².